The van der Waals surface area contributed by atoms with Crippen molar-refractivity contribution in [3.8, 4) is 0 Å². The average Bonchev–Trinajstić information content (AvgIpc) is 2.73. The van der Waals surface area contributed by atoms with Gasteiger partial charge in [-0.1, -0.05) is 11.3 Å². The van der Waals surface area contributed by atoms with Gasteiger partial charge in [-0.25, -0.2) is 0 Å². The number of hydrogen-bond donors (Lipinski definition) is 0. The minimum Gasteiger partial charge on any atom is -0.378 e. The Hall–Kier alpha value is 0.210. The lowest BCUT2D eigenvalue weighted by Crippen LogP contribution is -2.28. The molecular weight excluding hydrogens is 303 g/mol. The van der Waals surface area contributed by atoms with Crippen LogP contribution in [0.5, 0.6) is 0 Å². The van der Waals surface area contributed by atoms with E-state index in [1.807, 2.05) is 0 Å². The van der Waals surface area contributed by atoms with Crippen LogP contribution in [0.2, 0.25) is 0 Å². The van der Waals surface area contributed by atoms with E-state index in [-0.39, 0.29) is 5.60 Å². The lowest BCUT2D eigenvalue weighted by atomic mass is 10.1. The molecule has 0 radical (unpaired) electrons. The third kappa shape index (κ3) is 1.72. The molecule has 1 atom stereocenters. The van der Waals surface area contributed by atoms with E-state index in [1.54, 1.807) is 18.4 Å². The second-order valence-electron chi connectivity index (χ2n) is 2.86. The molecule has 1 aliphatic heterocycles. The molecule has 1 aromatic rings. The van der Waals surface area contributed by atoms with Gasteiger partial charge in [-0.05, 0) is 22.6 Å². The zero-order chi connectivity index (χ0) is 9.31. The number of nitrogens with zero attached hydrogens (tertiary/aromatic N) is 2. The van der Waals surface area contributed by atoms with E-state index in [9.17, 15) is 0 Å². The summed E-state index contributed by atoms with van der Waals surface area (Å²) in [6.07, 6.45) is 0.870. The van der Waals surface area contributed by atoms with Crippen LogP contribution < -0.4 is 0 Å². The van der Waals surface area contributed by atoms with Gasteiger partial charge in [0, 0.05) is 20.1 Å². The van der Waals surface area contributed by atoms with E-state index >= 15 is 0 Å². The van der Waals surface area contributed by atoms with E-state index in [4.69, 9.17) is 9.47 Å². The predicted octanol–water partition coefficient (Wildman–Crippen LogP) is 1.40. The van der Waals surface area contributed by atoms with Crippen molar-refractivity contribution in [3.05, 3.63) is 8.02 Å². The third-order valence-electron chi connectivity index (χ3n) is 2.17. The van der Waals surface area contributed by atoms with Crippen LogP contribution in [0.1, 0.15) is 11.4 Å². The van der Waals surface area contributed by atoms with Crippen molar-refractivity contribution in [3.63, 3.8) is 0 Å². The summed E-state index contributed by atoms with van der Waals surface area (Å²) in [4.78, 5) is 0. The molecule has 0 amide bonds. The number of aromatic nitrogens is 2. The van der Waals surface area contributed by atoms with Crippen molar-refractivity contribution >= 4 is 33.9 Å². The van der Waals surface area contributed by atoms with Crippen LogP contribution in [0.3, 0.4) is 0 Å². The van der Waals surface area contributed by atoms with Gasteiger partial charge in [0.15, 0.2) is 8.02 Å². The van der Waals surface area contributed by atoms with E-state index < -0.39 is 0 Å². The van der Waals surface area contributed by atoms with Crippen LogP contribution >= 0.6 is 33.9 Å². The van der Waals surface area contributed by atoms with Crippen LogP contribution in [0.4, 0.5) is 0 Å². The molecule has 2 heterocycles. The molecule has 0 spiro atoms. The van der Waals surface area contributed by atoms with Crippen molar-refractivity contribution < 1.29 is 9.47 Å². The molecule has 1 saturated heterocycles. The minimum absolute atomic E-state index is 0.332. The number of halogens is 1. The van der Waals surface area contributed by atoms with Gasteiger partial charge in [0.2, 0.25) is 0 Å². The van der Waals surface area contributed by atoms with Crippen LogP contribution in [-0.4, -0.2) is 30.5 Å². The molecule has 0 saturated carbocycles. The normalized spacial score (nSPS) is 28.2. The molecule has 1 fully saturated rings. The third-order valence-corrected chi connectivity index (χ3v) is 3.94. The van der Waals surface area contributed by atoms with Crippen molar-refractivity contribution in [1.82, 2.24) is 10.2 Å². The molecule has 4 nitrogen and oxygen atoms in total. The number of rotatable bonds is 2. The second kappa shape index (κ2) is 3.76. The Morgan fingerprint density at radius 2 is 2.46 bits per heavy atom. The SMILES string of the molecule is COC1(c2nnc(I)s2)CCOC1. The van der Waals surface area contributed by atoms with E-state index in [0.29, 0.717) is 6.61 Å². The maximum Gasteiger partial charge on any atom is 0.178 e. The van der Waals surface area contributed by atoms with Crippen LogP contribution in [0, 0.1) is 3.01 Å². The van der Waals surface area contributed by atoms with Crippen molar-refractivity contribution in [1.29, 1.82) is 0 Å². The first-order chi connectivity index (χ1) is 6.27. The Balaban J connectivity index is 2.30. The number of ether oxygens (including phenoxy) is 2. The number of hydrogen-bond acceptors (Lipinski definition) is 5. The standard InChI is InChI=1S/C7H9IN2O2S/c1-11-7(2-3-12-4-7)5-9-10-6(8)13-5/h2-4H2,1H3. The molecule has 0 aromatic carbocycles. The second-order valence-corrected chi connectivity index (χ2v) is 5.59. The first-order valence-electron chi connectivity index (χ1n) is 3.89. The maximum atomic E-state index is 5.48. The summed E-state index contributed by atoms with van der Waals surface area (Å²) in [5, 5.41) is 9.00. The topological polar surface area (TPSA) is 44.2 Å². The molecule has 0 aliphatic carbocycles. The van der Waals surface area contributed by atoms with Gasteiger partial charge in [-0.2, -0.15) is 0 Å². The first kappa shape index (κ1) is 9.75. The van der Waals surface area contributed by atoms with Crippen LogP contribution in [-0.2, 0) is 15.1 Å². The van der Waals surface area contributed by atoms with E-state index in [1.165, 1.54) is 0 Å². The Bertz CT molecular complexity index is 298. The summed E-state index contributed by atoms with van der Waals surface area (Å²) in [5.74, 6) is 0. The number of methoxy groups -OCH3 is 1. The predicted molar refractivity (Wildman–Crippen MR) is 56.7 cm³/mol. The van der Waals surface area contributed by atoms with Crippen molar-refractivity contribution in [2.45, 2.75) is 12.0 Å². The summed E-state index contributed by atoms with van der Waals surface area (Å²) in [6, 6.07) is 0. The van der Waals surface area contributed by atoms with Gasteiger partial charge in [0.1, 0.15) is 5.60 Å². The lowest BCUT2D eigenvalue weighted by Gasteiger charge is -2.21. The Kier molecular flexibility index (Phi) is 2.82. The van der Waals surface area contributed by atoms with E-state index in [0.717, 1.165) is 21.0 Å². The molecule has 13 heavy (non-hydrogen) atoms. The highest BCUT2D eigenvalue weighted by Crippen LogP contribution is 2.35. The monoisotopic (exact) mass is 312 g/mol. The van der Waals surface area contributed by atoms with Gasteiger partial charge in [0.05, 0.1) is 6.61 Å². The largest absolute Gasteiger partial charge is 0.378 e. The molecule has 1 aromatic heterocycles. The quantitative estimate of drug-likeness (QED) is 0.775. The van der Waals surface area contributed by atoms with Gasteiger partial charge in [-0.3, -0.25) is 0 Å². The van der Waals surface area contributed by atoms with Gasteiger partial charge in [-0.15, -0.1) is 10.2 Å². The summed E-state index contributed by atoms with van der Waals surface area (Å²) in [6.45, 7) is 1.33. The molecule has 72 valence electrons. The van der Waals surface area contributed by atoms with Gasteiger partial charge in [0.25, 0.3) is 0 Å². The highest BCUT2D eigenvalue weighted by atomic mass is 127. The molecule has 0 N–H and O–H groups in total. The zero-order valence-electron chi connectivity index (χ0n) is 7.12. The highest BCUT2D eigenvalue weighted by molar-refractivity contribution is 14.1. The fourth-order valence-corrected chi connectivity index (χ4v) is 2.84. The summed E-state index contributed by atoms with van der Waals surface area (Å²) in [5.41, 5.74) is -0.332. The maximum absolute atomic E-state index is 5.48. The molecule has 1 unspecified atom stereocenters. The highest BCUT2D eigenvalue weighted by Gasteiger charge is 2.40. The van der Waals surface area contributed by atoms with Crippen LogP contribution in [0.25, 0.3) is 0 Å². The smallest absolute Gasteiger partial charge is 0.178 e. The molecule has 6 heteroatoms. The fraction of sp³-hybridized carbons (Fsp3) is 0.714. The van der Waals surface area contributed by atoms with Crippen molar-refractivity contribution in [2.24, 2.45) is 0 Å². The molecule has 2 rings (SSSR count). The Labute approximate surface area is 93.8 Å². The molecular formula is C7H9IN2O2S. The fourth-order valence-electron chi connectivity index (χ4n) is 1.35. The lowest BCUT2D eigenvalue weighted by molar-refractivity contribution is -0.0219. The van der Waals surface area contributed by atoms with Gasteiger partial charge < -0.3 is 9.47 Å². The minimum atomic E-state index is -0.332. The van der Waals surface area contributed by atoms with E-state index in [2.05, 4.69) is 32.8 Å². The van der Waals surface area contributed by atoms with Crippen molar-refractivity contribution in [2.75, 3.05) is 20.3 Å². The molecule has 0 bridgehead atoms. The zero-order valence-corrected chi connectivity index (χ0v) is 10.1. The Morgan fingerprint density at radius 1 is 1.62 bits per heavy atom. The first-order valence-corrected chi connectivity index (χ1v) is 5.79. The summed E-state index contributed by atoms with van der Waals surface area (Å²) in [7, 11) is 1.70. The Morgan fingerprint density at radius 3 is 2.92 bits per heavy atom. The molecule has 1 aliphatic rings. The summed E-state index contributed by atoms with van der Waals surface area (Å²) >= 11 is 3.73. The van der Waals surface area contributed by atoms with Gasteiger partial charge >= 0.3 is 0 Å². The van der Waals surface area contributed by atoms with Crippen LogP contribution in [0.15, 0.2) is 0 Å². The summed E-state index contributed by atoms with van der Waals surface area (Å²) < 4.78 is 11.7. The average molecular weight is 312 g/mol.